The molecule has 1 atom stereocenters. The Morgan fingerprint density at radius 3 is 2.61 bits per heavy atom. The molecule has 36 heavy (non-hydrogen) atoms. The van der Waals surface area contributed by atoms with E-state index in [-0.39, 0.29) is 47.9 Å². The van der Waals surface area contributed by atoms with Gasteiger partial charge in [-0.2, -0.15) is 0 Å². The second kappa shape index (κ2) is 11.1. The number of amides is 1. The van der Waals surface area contributed by atoms with Gasteiger partial charge in [0, 0.05) is 24.3 Å². The van der Waals surface area contributed by atoms with Gasteiger partial charge in [-0.25, -0.2) is 22.2 Å². The number of carbonyl (C=O) groups is 1. The Balaban J connectivity index is 1.67. The van der Waals surface area contributed by atoms with Crippen molar-refractivity contribution in [2.45, 2.75) is 42.9 Å². The van der Waals surface area contributed by atoms with Crippen LogP contribution >= 0.6 is 0 Å². The number of halogens is 2. The maximum atomic E-state index is 14.2. The fourth-order valence-corrected chi connectivity index (χ4v) is 5.70. The summed E-state index contributed by atoms with van der Waals surface area (Å²) in [6.45, 7) is 4.74. The van der Waals surface area contributed by atoms with Gasteiger partial charge in [-0.05, 0) is 43.2 Å². The van der Waals surface area contributed by atoms with Gasteiger partial charge < -0.3 is 14.2 Å². The van der Waals surface area contributed by atoms with Crippen molar-refractivity contribution in [3.8, 4) is 0 Å². The van der Waals surface area contributed by atoms with E-state index in [9.17, 15) is 22.0 Å². The summed E-state index contributed by atoms with van der Waals surface area (Å²) < 4.78 is 61.5. The first-order valence-corrected chi connectivity index (χ1v) is 13.2. The third-order valence-electron chi connectivity index (χ3n) is 5.97. The van der Waals surface area contributed by atoms with E-state index in [2.05, 4.69) is 11.6 Å². The number of nitrogens with zero attached hydrogens (tertiary/aromatic N) is 3. The van der Waals surface area contributed by atoms with Gasteiger partial charge in [0.2, 0.25) is 15.0 Å². The summed E-state index contributed by atoms with van der Waals surface area (Å²) in [5.74, 6) is -1.98. The number of aromatic nitrogens is 2. The van der Waals surface area contributed by atoms with Crippen molar-refractivity contribution in [3.05, 3.63) is 95.8 Å². The smallest absolute Gasteiger partial charge is 0.254 e. The van der Waals surface area contributed by atoms with Gasteiger partial charge in [-0.3, -0.25) is 4.79 Å². The lowest BCUT2D eigenvalue weighted by Gasteiger charge is -2.23. The van der Waals surface area contributed by atoms with Crippen LogP contribution in [0.5, 0.6) is 0 Å². The Labute approximate surface area is 208 Å². The second-order valence-electron chi connectivity index (χ2n) is 8.61. The van der Waals surface area contributed by atoms with Gasteiger partial charge in [0.15, 0.2) is 0 Å². The van der Waals surface area contributed by atoms with Crippen LogP contribution in [0, 0.1) is 11.6 Å². The standard InChI is InChI=1S/C26H27F2N3O4S/c1-2-13-30(25(32)19-9-11-21(27)12-10-19)16-22-15-29-26(31(22)17-23-7-5-14-35-23)36(33,34)18-20-6-3-4-8-24(20)28/h2-4,6,8-12,15,23H,1,5,7,13-14,16-18H2/t23-/m1/s1. The molecule has 2 aromatic carbocycles. The Hall–Kier alpha value is -3.37. The lowest BCUT2D eigenvalue weighted by molar-refractivity contribution is 0.0751. The molecule has 2 heterocycles. The summed E-state index contributed by atoms with van der Waals surface area (Å²) in [6.07, 6.45) is 4.38. The highest BCUT2D eigenvalue weighted by molar-refractivity contribution is 7.90. The van der Waals surface area contributed by atoms with Crippen molar-refractivity contribution in [1.82, 2.24) is 14.5 Å². The van der Waals surface area contributed by atoms with Crippen molar-refractivity contribution in [2.75, 3.05) is 13.2 Å². The lowest BCUT2D eigenvalue weighted by Crippen LogP contribution is -2.32. The van der Waals surface area contributed by atoms with Gasteiger partial charge in [0.25, 0.3) is 5.91 Å². The summed E-state index contributed by atoms with van der Waals surface area (Å²) >= 11 is 0. The highest BCUT2D eigenvalue weighted by Crippen LogP contribution is 2.23. The first-order valence-electron chi connectivity index (χ1n) is 11.6. The number of carbonyl (C=O) groups excluding carboxylic acids is 1. The van der Waals surface area contributed by atoms with E-state index >= 15 is 0 Å². The summed E-state index contributed by atoms with van der Waals surface area (Å²) in [4.78, 5) is 18.8. The van der Waals surface area contributed by atoms with Gasteiger partial charge in [-0.15, -0.1) is 6.58 Å². The van der Waals surface area contributed by atoms with Gasteiger partial charge in [0.1, 0.15) is 11.6 Å². The van der Waals surface area contributed by atoms with Crippen LogP contribution in [0.1, 0.15) is 34.5 Å². The minimum absolute atomic E-state index is 0.0389. The van der Waals surface area contributed by atoms with E-state index in [4.69, 9.17) is 4.74 Å². The molecule has 1 fully saturated rings. The predicted octanol–water partition coefficient (Wildman–Crippen LogP) is 4.14. The van der Waals surface area contributed by atoms with Crippen LogP contribution in [0.15, 0.2) is 72.5 Å². The number of imidazole rings is 1. The van der Waals surface area contributed by atoms with Crippen LogP contribution in [-0.4, -0.2) is 48.0 Å². The zero-order valence-electron chi connectivity index (χ0n) is 19.6. The van der Waals surface area contributed by atoms with Crippen LogP contribution in [0.4, 0.5) is 8.78 Å². The highest BCUT2D eigenvalue weighted by atomic mass is 32.2. The zero-order valence-corrected chi connectivity index (χ0v) is 20.5. The molecule has 3 aromatic rings. The Bertz CT molecular complexity index is 1330. The molecule has 190 valence electrons. The Morgan fingerprint density at radius 2 is 1.94 bits per heavy atom. The SMILES string of the molecule is C=CCN(Cc1cnc(S(=O)(=O)Cc2ccccc2F)n1C[C@H]1CCCO1)C(=O)c1ccc(F)cc1. The molecule has 0 spiro atoms. The third kappa shape index (κ3) is 5.88. The molecule has 7 nitrogen and oxygen atoms in total. The van der Waals surface area contributed by atoms with E-state index in [1.54, 1.807) is 16.7 Å². The number of hydrogen-bond donors (Lipinski definition) is 0. The maximum absolute atomic E-state index is 14.2. The highest BCUT2D eigenvalue weighted by Gasteiger charge is 2.29. The fourth-order valence-electron chi connectivity index (χ4n) is 4.18. The summed E-state index contributed by atoms with van der Waals surface area (Å²) in [5, 5.41) is -0.205. The van der Waals surface area contributed by atoms with Crippen LogP contribution < -0.4 is 0 Å². The van der Waals surface area contributed by atoms with Crippen LogP contribution in [-0.2, 0) is 33.4 Å². The minimum Gasteiger partial charge on any atom is -0.376 e. The maximum Gasteiger partial charge on any atom is 0.254 e. The molecule has 0 N–H and O–H groups in total. The number of benzene rings is 2. The predicted molar refractivity (Wildman–Crippen MR) is 130 cm³/mol. The van der Waals surface area contributed by atoms with Crippen LogP contribution in [0.2, 0.25) is 0 Å². The molecule has 0 radical (unpaired) electrons. The van der Waals surface area contributed by atoms with E-state index in [1.165, 1.54) is 53.6 Å². The lowest BCUT2D eigenvalue weighted by atomic mass is 10.2. The van der Waals surface area contributed by atoms with E-state index in [0.717, 1.165) is 12.8 Å². The largest absolute Gasteiger partial charge is 0.376 e. The molecule has 0 saturated carbocycles. The van der Waals surface area contributed by atoms with Gasteiger partial charge in [-0.1, -0.05) is 24.3 Å². The van der Waals surface area contributed by atoms with Crippen molar-refractivity contribution in [2.24, 2.45) is 0 Å². The number of ether oxygens (including phenoxy) is 1. The van der Waals surface area contributed by atoms with Crippen molar-refractivity contribution in [3.63, 3.8) is 0 Å². The molecule has 0 aliphatic carbocycles. The second-order valence-corrected chi connectivity index (χ2v) is 10.5. The first-order chi connectivity index (χ1) is 17.3. The fraction of sp³-hybridized carbons (Fsp3) is 0.308. The molecule has 4 rings (SSSR count). The molecule has 1 amide bonds. The van der Waals surface area contributed by atoms with E-state index in [0.29, 0.717) is 12.3 Å². The van der Waals surface area contributed by atoms with Crippen LogP contribution in [0.25, 0.3) is 0 Å². The summed E-state index contributed by atoms with van der Waals surface area (Å²) in [7, 11) is -4.02. The number of rotatable bonds is 10. The van der Waals surface area contributed by atoms with Gasteiger partial charge >= 0.3 is 0 Å². The van der Waals surface area contributed by atoms with Crippen LogP contribution in [0.3, 0.4) is 0 Å². The Kier molecular flexibility index (Phi) is 7.95. The molecular formula is C26H27F2N3O4S. The van der Waals surface area contributed by atoms with Crippen molar-refractivity contribution in [1.29, 1.82) is 0 Å². The molecular weight excluding hydrogens is 488 g/mol. The van der Waals surface area contributed by atoms with Gasteiger partial charge in [0.05, 0.1) is 36.8 Å². The topological polar surface area (TPSA) is 81.5 Å². The summed E-state index contributed by atoms with van der Waals surface area (Å²) in [6, 6.07) is 10.9. The molecule has 0 unspecified atom stereocenters. The Morgan fingerprint density at radius 1 is 1.19 bits per heavy atom. The molecule has 1 aliphatic heterocycles. The quantitative estimate of drug-likeness (QED) is 0.379. The van der Waals surface area contributed by atoms with E-state index < -0.39 is 27.2 Å². The monoisotopic (exact) mass is 515 g/mol. The number of sulfone groups is 1. The average Bonchev–Trinajstić information content (AvgIpc) is 3.51. The normalized spacial score (nSPS) is 15.7. The first kappa shape index (κ1) is 25.7. The van der Waals surface area contributed by atoms with E-state index in [1.807, 2.05) is 0 Å². The molecule has 1 aromatic heterocycles. The molecule has 10 heteroatoms. The molecule has 1 aliphatic rings. The molecule has 1 saturated heterocycles. The molecule has 0 bridgehead atoms. The third-order valence-corrected chi connectivity index (χ3v) is 7.55. The minimum atomic E-state index is -4.02. The zero-order chi connectivity index (χ0) is 25.7. The van der Waals surface area contributed by atoms with Crippen molar-refractivity contribution >= 4 is 15.7 Å². The van der Waals surface area contributed by atoms with Crippen molar-refractivity contribution < 1.29 is 26.7 Å². The number of hydrogen-bond acceptors (Lipinski definition) is 5. The average molecular weight is 516 g/mol. The summed E-state index contributed by atoms with van der Waals surface area (Å²) in [5.41, 5.74) is 0.816.